The van der Waals surface area contributed by atoms with E-state index in [1.54, 1.807) is 6.07 Å². The van der Waals surface area contributed by atoms with E-state index in [4.69, 9.17) is 28.9 Å². The van der Waals surface area contributed by atoms with E-state index >= 15 is 0 Å². The smallest absolute Gasteiger partial charge is 0.230 e. The van der Waals surface area contributed by atoms with E-state index in [1.165, 1.54) is 15.9 Å². The highest BCUT2D eigenvalue weighted by atomic mass is 35.5. The van der Waals surface area contributed by atoms with Crippen molar-refractivity contribution in [2.24, 2.45) is 11.7 Å². The number of amides is 1. The minimum Gasteiger partial charge on any atom is -0.492 e. The van der Waals surface area contributed by atoms with Crippen molar-refractivity contribution in [3.8, 4) is 5.88 Å². The van der Waals surface area contributed by atoms with Gasteiger partial charge in [0.25, 0.3) is 0 Å². The number of aromatic nitrogens is 3. The Morgan fingerprint density at radius 1 is 1.34 bits per heavy atom. The molecule has 1 aliphatic rings. The number of aryl methyl sites for hydroxylation is 1. The second-order valence-corrected chi connectivity index (χ2v) is 8.98. The lowest BCUT2D eigenvalue weighted by Gasteiger charge is -2.36. The molecule has 0 saturated carbocycles. The van der Waals surface area contributed by atoms with E-state index in [2.05, 4.69) is 15.0 Å². The highest BCUT2D eigenvalue weighted by Crippen LogP contribution is 2.42. The number of hydrogen-bond acceptors (Lipinski definition) is 6. The van der Waals surface area contributed by atoms with E-state index in [0.717, 1.165) is 10.4 Å². The van der Waals surface area contributed by atoms with Crippen LogP contribution in [-0.2, 0) is 11.2 Å². The maximum atomic E-state index is 11.6. The average Bonchev–Trinajstić information content (AvgIpc) is 3.25. The molecule has 0 aliphatic carbocycles. The van der Waals surface area contributed by atoms with Crippen molar-refractivity contribution < 1.29 is 9.90 Å². The van der Waals surface area contributed by atoms with Crippen LogP contribution in [0.15, 0.2) is 18.2 Å². The van der Waals surface area contributed by atoms with Gasteiger partial charge in [-0.3, -0.25) is 9.69 Å². The first-order valence-corrected chi connectivity index (χ1v) is 11.0. The van der Waals surface area contributed by atoms with Crippen LogP contribution in [0.25, 0.3) is 4.96 Å². The number of carbonyl (C=O) groups is 1. The number of hydrogen-bond donors (Lipinski definition) is 2. The minimum absolute atomic E-state index is 0.0743. The molecule has 7 nitrogen and oxygen atoms in total. The molecule has 4 rings (SSSR count). The largest absolute Gasteiger partial charge is 0.492 e. The van der Waals surface area contributed by atoms with Crippen LogP contribution in [0, 0.1) is 5.92 Å². The Hall–Kier alpha value is -1.87. The number of primary amides is 1. The van der Waals surface area contributed by atoms with Gasteiger partial charge in [-0.1, -0.05) is 47.5 Å². The lowest BCUT2D eigenvalue weighted by Crippen LogP contribution is -2.40. The molecule has 3 aromatic rings. The fourth-order valence-electron chi connectivity index (χ4n) is 3.77. The minimum atomic E-state index is -0.260. The SMILES string of the molecule is CCc1nc2sc([C@@H](c3ccc(Cl)c(Cl)c3)N3CCC(C(N)=O)CC3)c(O)n2n1. The first kappa shape index (κ1) is 20.4. The summed E-state index contributed by atoms with van der Waals surface area (Å²) in [5.74, 6) is 0.380. The summed E-state index contributed by atoms with van der Waals surface area (Å²) >= 11 is 13.8. The topological polar surface area (TPSA) is 96.8 Å². The lowest BCUT2D eigenvalue weighted by atomic mass is 9.93. The Bertz CT molecular complexity index is 1060. The number of nitrogens with zero attached hydrogens (tertiary/aromatic N) is 4. The molecule has 10 heteroatoms. The molecular formula is C19H21Cl2N5O2S. The van der Waals surface area contributed by atoms with Crippen molar-refractivity contribution >= 4 is 45.4 Å². The molecule has 2 aromatic heterocycles. The van der Waals surface area contributed by atoms with Crippen molar-refractivity contribution in [3.63, 3.8) is 0 Å². The monoisotopic (exact) mass is 453 g/mol. The summed E-state index contributed by atoms with van der Waals surface area (Å²) in [5.41, 5.74) is 6.40. The van der Waals surface area contributed by atoms with E-state index in [-0.39, 0.29) is 23.7 Å². The molecule has 3 heterocycles. The fraction of sp³-hybridized carbons (Fsp3) is 0.421. The number of halogens is 2. The number of carbonyl (C=O) groups excluding carboxylic acids is 1. The van der Waals surface area contributed by atoms with Crippen LogP contribution in [0.3, 0.4) is 0 Å². The third-order valence-corrected chi connectivity index (χ3v) is 7.18. The third kappa shape index (κ3) is 3.82. The molecule has 1 aromatic carbocycles. The van der Waals surface area contributed by atoms with Gasteiger partial charge in [0.2, 0.25) is 16.7 Å². The van der Waals surface area contributed by atoms with Crippen LogP contribution in [0.2, 0.25) is 10.0 Å². The number of aromatic hydroxyl groups is 1. The van der Waals surface area contributed by atoms with Gasteiger partial charge in [0.15, 0.2) is 5.82 Å². The zero-order chi connectivity index (χ0) is 20.7. The Balaban J connectivity index is 1.76. The predicted molar refractivity (Wildman–Crippen MR) is 114 cm³/mol. The molecule has 154 valence electrons. The molecule has 0 unspecified atom stereocenters. The van der Waals surface area contributed by atoms with Crippen LogP contribution in [-0.4, -0.2) is 43.6 Å². The average molecular weight is 454 g/mol. The summed E-state index contributed by atoms with van der Waals surface area (Å²) in [6.45, 7) is 3.32. The number of nitrogens with two attached hydrogens (primary N) is 1. The van der Waals surface area contributed by atoms with Crippen LogP contribution in [0.4, 0.5) is 0 Å². The second-order valence-electron chi connectivity index (χ2n) is 7.15. The number of fused-ring (bicyclic) bond motifs is 1. The standard InChI is InChI=1S/C19H21Cl2N5O2S/c1-2-14-23-19-26(24-14)18(28)16(29-19)15(11-3-4-12(20)13(21)9-11)25-7-5-10(6-8-25)17(22)27/h3-4,9-10,15,28H,2,5-8H2,1H3,(H2,22,27)/t15-/m1/s1. The molecule has 1 fully saturated rings. The second kappa shape index (κ2) is 8.10. The number of rotatable bonds is 5. The predicted octanol–water partition coefficient (Wildman–Crippen LogP) is 3.65. The van der Waals surface area contributed by atoms with Crippen LogP contribution < -0.4 is 5.73 Å². The van der Waals surface area contributed by atoms with Gasteiger partial charge in [-0.05, 0) is 43.6 Å². The van der Waals surface area contributed by atoms with Gasteiger partial charge >= 0.3 is 0 Å². The van der Waals surface area contributed by atoms with E-state index in [0.29, 0.717) is 53.2 Å². The number of likely N-dealkylation sites (tertiary alicyclic amines) is 1. The molecule has 29 heavy (non-hydrogen) atoms. The normalized spacial score (nSPS) is 17.1. The van der Waals surface area contributed by atoms with Gasteiger partial charge in [0, 0.05) is 12.3 Å². The first-order chi connectivity index (χ1) is 13.9. The van der Waals surface area contributed by atoms with E-state index in [9.17, 15) is 9.90 Å². The van der Waals surface area contributed by atoms with Gasteiger partial charge in [-0.25, -0.2) is 4.98 Å². The van der Waals surface area contributed by atoms with Crippen molar-refractivity contribution in [3.05, 3.63) is 44.5 Å². The van der Waals surface area contributed by atoms with Gasteiger partial charge in [0.05, 0.1) is 21.0 Å². The molecule has 3 N–H and O–H groups in total. The number of thiazole rings is 1. The molecule has 1 saturated heterocycles. The summed E-state index contributed by atoms with van der Waals surface area (Å²) in [5, 5.41) is 16.2. The van der Waals surface area contributed by atoms with E-state index < -0.39 is 0 Å². The summed E-state index contributed by atoms with van der Waals surface area (Å²) in [7, 11) is 0. The highest BCUT2D eigenvalue weighted by Gasteiger charge is 2.33. The first-order valence-electron chi connectivity index (χ1n) is 9.44. The van der Waals surface area contributed by atoms with Gasteiger partial charge in [-0.15, -0.1) is 5.10 Å². The summed E-state index contributed by atoms with van der Waals surface area (Å²) in [4.78, 5) is 19.7. The number of piperidine rings is 1. The van der Waals surface area contributed by atoms with Crippen molar-refractivity contribution in [2.75, 3.05) is 13.1 Å². The summed E-state index contributed by atoms with van der Waals surface area (Å²) < 4.78 is 1.49. The molecule has 1 amide bonds. The molecule has 0 radical (unpaired) electrons. The third-order valence-electron chi connectivity index (χ3n) is 5.36. The molecule has 1 aliphatic heterocycles. The Morgan fingerprint density at radius 3 is 2.66 bits per heavy atom. The molecule has 1 atom stereocenters. The molecular weight excluding hydrogens is 433 g/mol. The number of benzene rings is 1. The molecule has 0 spiro atoms. The van der Waals surface area contributed by atoms with Gasteiger partial charge in [0.1, 0.15) is 0 Å². The maximum Gasteiger partial charge on any atom is 0.230 e. The lowest BCUT2D eigenvalue weighted by molar-refractivity contribution is -0.123. The zero-order valence-electron chi connectivity index (χ0n) is 15.8. The van der Waals surface area contributed by atoms with Crippen LogP contribution in [0.1, 0.15) is 42.1 Å². The Labute approximate surface area is 182 Å². The highest BCUT2D eigenvalue weighted by molar-refractivity contribution is 7.17. The Kier molecular flexibility index (Phi) is 5.70. The van der Waals surface area contributed by atoms with Crippen molar-refractivity contribution in [1.82, 2.24) is 19.5 Å². The summed E-state index contributed by atoms with van der Waals surface area (Å²) in [6.07, 6.45) is 2.04. The maximum absolute atomic E-state index is 11.6. The van der Waals surface area contributed by atoms with Crippen molar-refractivity contribution in [2.45, 2.75) is 32.2 Å². The van der Waals surface area contributed by atoms with Gasteiger partial charge < -0.3 is 10.8 Å². The van der Waals surface area contributed by atoms with Crippen LogP contribution >= 0.6 is 34.5 Å². The quantitative estimate of drug-likeness (QED) is 0.614. The van der Waals surface area contributed by atoms with Crippen molar-refractivity contribution in [1.29, 1.82) is 0 Å². The zero-order valence-corrected chi connectivity index (χ0v) is 18.1. The Morgan fingerprint density at radius 2 is 2.07 bits per heavy atom. The van der Waals surface area contributed by atoms with E-state index in [1.807, 2.05) is 19.1 Å². The van der Waals surface area contributed by atoms with Crippen LogP contribution in [0.5, 0.6) is 5.88 Å². The van der Waals surface area contributed by atoms with Gasteiger partial charge in [-0.2, -0.15) is 4.52 Å². The summed E-state index contributed by atoms with van der Waals surface area (Å²) in [6, 6.07) is 5.23. The fourth-order valence-corrected chi connectivity index (χ4v) is 5.21. The molecule has 0 bridgehead atoms.